The molecule has 18 atom stereocenters. The van der Waals surface area contributed by atoms with Crippen molar-refractivity contribution < 1.29 is 69.7 Å². The first kappa shape index (κ1) is 42.1. The second kappa shape index (κ2) is 16.0. The lowest BCUT2D eigenvalue weighted by Gasteiger charge is -2.54. The fraction of sp³-hybridized carbons (Fsp3) is 0.875. The maximum absolute atomic E-state index is 12.8. The Morgan fingerprint density at radius 3 is 2.35 bits per heavy atom. The quantitative estimate of drug-likeness (QED) is 0.137. The first-order valence-corrected chi connectivity index (χ1v) is 20.0. The Morgan fingerprint density at radius 2 is 1.70 bits per heavy atom. The Morgan fingerprint density at radius 1 is 0.981 bits per heavy atom. The van der Waals surface area contributed by atoms with E-state index in [4.69, 9.17) is 18.9 Å². The molecule has 2 saturated carbocycles. The summed E-state index contributed by atoms with van der Waals surface area (Å²) in [6, 6.07) is 0. The van der Waals surface area contributed by atoms with Gasteiger partial charge in [0.15, 0.2) is 12.6 Å². The van der Waals surface area contributed by atoms with Crippen molar-refractivity contribution in [1.82, 2.24) is 0 Å². The highest BCUT2D eigenvalue weighted by molar-refractivity contribution is 5.70. The van der Waals surface area contributed by atoms with Gasteiger partial charge in [-0.1, -0.05) is 39.8 Å². The van der Waals surface area contributed by atoms with Crippen LogP contribution in [0.3, 0.4) is 0 Å². The Kier molecular flexibility index (Phi) is 12.5. The number of aliphatic carboxylic acids is 1. The standard InChI is InChI=1S/C40H64O14/c1-19(2)40(50,20(3)42)15-11-24(35(48)49)26-9-8-25-23-7-6-21-16-22(10-13-38(21,4)27(23)12-14-39(25,26)5)52-37-34(32(46)31(45)29(17-41)53-37)54-36-33(47)30(44)28(43)18-51-36/h7,12,19-22,24-26,28-34,36-37,41-47,50H,6,8-11,13-18H2,1-5H3,(H,48,49)/t20-,21?,22-,24+,25-,26+,28-,29+,30-,31+,32-,33+,34+,36-,37+,38-,39-,40+/m0/s1. The zero-order valence-electron chi connectivity index (χ0n) is 32.2. The molecule has 0 aromatic rings. The summed E-state index contributed by atoms with van der Waals surface area (Å²) in [6.45, 7) is 8.90. The van der Waals surface area contributed by atoms with Crippen molar-refractivity contribution >= 4 is 5.97 Å². The number of carbonyl (C=O) groups is 1. The monoisotopic (exact) mass is 768 g/mol. The van der Waals surface area contributed by atoms with Gasteiger partial charge in [-0.2, -0.15) is 0 Å². The van der Waals surface area contributed by atoms with E-state index in [1.54, 1.807) is 6.92 Å². The number of allylic oxidation sites excluding steroid dienone is 4. The number of carboxylic acids is 1. The third kappa shape index (κ3) is 7.37. The summed E-state index contributed by atoms with van der Waals surface area (Å²) in [5, 5.41) is 94.3. The minimum Gasteiger partial charge on any atom is -0.481 e. The number of aliphatic hydroxyl groups excluding tert-OH is 7. The largest absolute Gasteiger partial charge is 0.481 e. The fourth-order valence-corrected chi connectivity index (χ4v) is 11.1. The number of ether oxygens (including phenoxy) is 4. The van der Waals surface area contributed by atoms with Crippen molar-refractivity contribution in [2.45, 2.75) is 166 Å². The van der Waals surface area contributed by atoms with Gasteiger partial charge in [0.2, 0.25) is 0 Å². The summed E-state index contributed by atoms with van der Waals surface area (Å²) < 4.78 is 23.7. The highest BCUT2D eigenvalue weighted by Gasteiger charge is 2.58. The molecule has 4 fully saturated rings. The Balaban J connectivity index is 1.16. The molecule has 4 aliphatic carbocycles. The highest BCUT2D eigenvalue weighted by Crippen LogP contribution is 2.65. The van der Waals surface area contributed by atoms with E-state index in [2.05, 4.69) is 26.0 Å². The van der Waals surface area contributed by atoms with Crippen LogP contribution >= 0.6 is 0 Å². The van der Waals surface area contributed by atoms with Gasteiger partial charge in [0.1, 0.15) is 42.7 Å². The van der Waals surface area contributed by atoms with Crippen LogP contribution in [0.2, 0.25) is 0 Å². The smallest absolute Gasteiger partial charge is 0.306 e. The topological polar surface area (TPSA) is 236 Å². The average molecular weight is 769 g/mol. The minimum atomic E-state index is -1.64. The fourth-order valence-electron chi connectivity index (χ4n) is 11.1. The second-order valence-corrected chi connectivity index (χ2v) is 18.0. The molecule has 2 heterocycles. The molecule has 14 nitrogen and oxygen atoms in total. The van der Waals surface area contributed by atoms with Crippen LogP contribution in [0.15, 0.2) is 23.3 Å². The summed E-state index contributed by atoms with van der Waals surface area (Å²) >= 11 is 0. The van der Waals surface area contributed by atoms with Crippen molar-refractivity contribution in [3.8, 4) is 0 Å². The van der Waals surface area contributed by atoms with Crippen LogP contribution in [-0.4, -0.2) is 138 Å². The van der Waals surface area contributed by atoms with E-state index < -0.39 is 85.5 Å². The molecular formula is C40H64O14. The first-order valence-electron chi connectivity index (χ1n) is 20.0. The third-order valence-corrected chi connectivity index (χ3v) is 14.8. The van der Waals surface area contributed by atoms with Crippen molar-refractivity contribution in [3.05, 3.63) is 23.3 Å². The van der Waals surface area contributed by atoms with Gasteiger partial charge in [0, 0.05) is 0 Å². The van der Waals surface area contributed by atoms with E-state index in [9.17, 15) is 50.8 Å². The number of fused-ring (bicyclic) bond motifs is 5. The number of hydrogen-bond donors (Lipinski definition) is 9. The average Bonchev–Trinajstić information content (AvgIpc) is 3.47. The SMILES string of the molecule is CC(C)[C@](O)(CC[C@@H](C(=O)O)[C@H]1CC[C@H]2C3=CCC4C[C@@H](O[C@@H]5O[C@H](CO)[C@@H](O)[C@H](O)[C@H]5O[C@@H]5OC[C@H](O)[C@H](O)[C@H]5O)CC[C@]4(C)C3=CC[C@]12C)[C@H](C)O. The Labute approximate surface area is 317 Å². The molecule has 6 aliphatic rings. The van der Waals surface area contributed by atoms with Gasteiger partial charge in [-0.25, -0.2) is 0 Å². The zero-order valence-corrected chi connectivity index (χ0v) is 32.2. The summed E-state index contributed by atoms with van der Waals surface area (Å²) in [4.78, 5) is 12.8. The molecule has 308 valence electrons. The van der Waals surface area contributed by atoms with E-state index >= 15 is 0 Å². The summed E-state index contributed by atoms with van der Waals surface area (Å²) in [7, 11) is 0. The van der Waals surface area contributed by atoms with Crippen LogP contribution < -0.4 is 0 Å². The molecule has 6 rings (SSSR count). The van der Waals surface area contributed by atoms with Crippen LogP contribution in [-0.2, 0) is 23.7 Å². The molecule has 54 heavy (non-hydrogen) atoms. The number of hydrogen-bond acceptors (Lipinski definition) is 13. The zero-order chi connectivity index (χ0) is 39.5. The first-order chi connectivity index (χ1) is 25.4. The summed E-state index contributed by atoms with van der Waals surface area (Å²) in [5.74, 6) is -1.36. The van der Waals surface area contributed by atoms with Crippen molar-refractivity contribution in [3.63, 3.8) is 0 Å². The third-order valence-electron chi connectivity index (χ3n) is 14.8. The van der Waals surface area contributed by atoms with Crippen molar-refractivity contribution in [2.24, 2.45) is 40.4 Å². The van der Waals surface area contributed by atoms with Gasteiger partial charge in [-0.05, 0) is 110 Å². The minimum absolute atomic E-state index is 0.0745. The van der Waals surface area contributed by atoms with Gasteiger partial charge in [0.25, 0.3) is 0 Å². The molecular weight excluding hydrogens is 704 g/mol. The van der Waals surface area contributed by atoms with E-state index in [1.807, 2.05) is 13.8 Å². The van der Waals surface area contributed by atoms with Crippen LogP contribution in [0.5, 0.6) is 0 Å². The molecule has 14 heteroatoms. The van der Waals surface area contributed by atoms with E-state index in [-0.39, 0.29) is 53.6 Å². The van der Waals surface area contributed by atoms with Gasteiger partial charge in [-0.15, -0.1) is 0 Å². The van der Waals surface area contributed by atoms with Crippen molar-refractivity contribution in [2.75, 3.05) is 13.2 Å². The van der Waals surface area contributed by atoms with E-state index in [0.717, 1.165) is 32.1 Å². The molecule has 2 saturated heterocycles. The second-order valence-electron chi connectivity index (χ2n) is 18.0. The number of aliphatic hydroxyl groups is 8. The van der Waals surface area contributed by atoms with Crippen LogP contribution in [0.25, 0.3) is 0 Å². The van der Waals surface area contributed by atoms with Gasteiger partial charge < -0.3 is 64.9 Å². The molecule has 0 aromatic carbocycles. The Hall–Kier alpha value is -1.53. The summed E-state index contributed by atoms with van der Waals surface area (Å²) in [5.41, 5.74) is 0.886. The lowest BCUT2D eigenvalue weighted by molar-refractivity contribution is -0.363. The van der Waals surface area contributed by atoms with E-state index in [1.165, 1.54) is 11.1 Å². The molecule has 2 aliphatic heterocycles. The number of rotatable bonds is 12. The van der Waals surface area contributed by atoms with E-state index in [0.29, 0.717) is 19.3 Å². The highest BCUT2D eigenvalue weighted by atomic mass is 16.8. The predicted molar refractivity (Wildman–Crippen MR) is 192 cm³/mol. The number of carboxylic acid groups (broad SMARTS) is 1. The normalized spacial score (nSPS) is 46.0. The summed E-state index contributed by atoms with van der Waals surface area (Å²) in [6.07, 6.45) is -3.58. The molecule has 0 aromatic heterocycles. The molecule has 0 amide bonds. The maximum atomic E-state index is 12.8. The van der Waals surface area contributed by atoms with Crippen LogP contribution in [0, 0.1) is 40.4 Å². The molecule has 0 bridgehead atoms. The van der Waals surface area contributed by atoms with Gasteiger partial charge >= 0.3 is 5.97 Å². The lowest BCUT2D eigenvalue weighted by atomic mass is 9.51. The van der Waals surface area contributed by atoms with Crippen LogP contribution in [0.4, 0.5) is 0 Å². The molecule has 9 N–H and O–H groups in total. The van der Waals surface area contributed by atoms with Gasteiger partial charge in [-0.3, -0.25) is 4.79 Å². The van der Waals surface area contributed by atoms with Crippen LogP contribution in [0.1, 0.15) is 92.4 Å². The predicted octanol–water partition coefficient (Wildman–Crippen LogP) is 1.38. The lowest BCUT2D eigenvalue weighted by Crippen LogP contribution is -2.63. The molecule has 1 unspecified atom stereocenters. The Bertz CT molecular complexity index is 1390. The van der Waals surface area contributed by atoms with Gasteiger partial charge in [0.05, 0.1) is 36.9 Å². The molecule has 0 radical (unpaired) electrons. The maximum Gasteiger partial charge on any atom is 0.306 e. The molecule has 0 spiro atoms. The van der Waals surface area contributed by atoms with Crippen molar-refractivity contribution in [1.29, 1.82) is 0 Å².